The molecule has 21 heavy (non-hydrogen) atoms. The van der Waals surface area contributed by atoms with Crippen molar-refractivity contribution in [1.82, 2.24) is 9.78 Å². The predicted octanol–water partition coefficient (Wildman–Crippen LogP) is 2.90. The second-order valence-corrected chi connectivity index (χ2v) is 4.28. The first-order valence-electron chi connectivity index (χ1n) is 5.96. The van der Waals surface area contributed by atoms with Gasteiger partial charge in [-0.3, -0.25) is 0 Å². The van der Waals surface area contributed by atoms with E-state index in [9.17, 15) is 13.6 Å². The number of ether oxygens (including phenoxy) is 1. The van der Waals surface area contributed by atoms with Gasteiger partial charge in [0, 0.05) is 19.2 Å². The van der Waals surface area contributed by atoms with Crippen LogP contribution < -0.4 is 4.74 Å². The topological polar surface area (TPSA) is 64.4 Å². The van der Waals surface area contributed by atoms with Crippen LogP contribution in [0.4, 0.5) is 8.78 Å². The molecular formula is C14H12F2N2O3. The standard InChI is InChI=1S/C14H12F2N2O3/c1-8-10(4-6-13(19)20)14(18(2)17-8)21-12-7-9(15)3-5-11(12)16/h3-7H,1-2H3,(H,19,20). The highest BCUT2D eigenvalue weighted by atomic mass is 19.1. The van der Waals surface area contributed by atoms with E-state index >= 15 is 0 Å². The Bertz CT molecular complexity index is 723. The maximum absolute atomic E-state index is 13.6. The normalized spacial score (nSPS) is 11.0. The fourth-order valence-corrected chi connectivity index (χ4v) is 1.78. The number of aryl methyl sites for hydroxylation is 2. The Balaban J connectivity index is 2.44. The van der Waals surface area contributed by atoms with Crippen LogP contribution in [-0.2, 0) is 11.8 Å². The van der Waals surface area contributed by atoms with E-state index < -0.39 is 17.6 Å². The zero-order chi connectivity index (χ0) is 15.6. The molecule has 0 spiro atoms. The van der Waals surface area contributed by atoms with Crippen LogP contribution in [0.5, 0.6) is 11.6 Å². The summed E-state index contributed by atoms with van der Waals surface area (Å²) in [4.78, 5) is 10.6. The van der Waals surface area contributed by atoms with E-state index in [2.05, 4.69) is 5.10 Å². The van der Waals surface area contributed by atoms with Crippen molar-refractivity contribution in [1.29, 1.82) is 0 Å². The van der Waals surface area contributed by atoms with Gasteiger partial charge in [-0.25, -0.2) is 18.3 Å². The first-order valence-corrected chi connectivity index (χ1v) is 5.96. The quantitative estimate of drug-likeness (QED) is 0.881. The molecule has 0 unspecified atom stereocenters. The maximum atomic E-state index is 13.6. The Morgan fingerprint density at radius 3 is 2.81 bits per heavy atom. The highest BCUT2D eigenvalue weighted by molar-refractivity contribution is 5.86. The van der Waals surface area contributed by atoms with Crippen molar-refractivity contribution < 1.29 is 23.4 Å². The molecule has 0 aliphatic rings. The van der Waals surface area contributed by atoms with Crippen molar-refractivity contribution in [3.63, 3.8) is 0 Å². The number of carboxylic acids is 1. The second-order valence-electron chi connectivity index (χ2n) is 4.28. The fraction of sp³-hybridized carbons (Fsp3) is 0.143. The molecule has 0 bridgehead atoms. The third kappa shape index (κ3) is 3.25. The van der Waals surface area contributed by atoms with Gasteiger partial charge in [0.05, 0.1) is 11.3 Å². The van der Waals surface area contributed by atoms with Crippen molar-refractivity contribution in [2.75, 3.05) is 0 Å². The van der Waals surface area contributed by atoms with Gasteiger partial charge < -0.3 is 9.84 Å². The average Bonchev–Trinajstić information content (AvgIpc) is 2.66. The largest absolute Gasteiger partial charge is 0.478 e. The van der Waals surface area contributed by atoms with Crippen LogP contribution in [0.25, 0.3) is 6.08 Å². The van der Waals surface area contributed by atoms with Crippen LogP contribution in [-0.4, -0.2) is 20.9 Å². The van der Waals surface area contributed by atoms with E-state index in [0.717, 1.165) is 24.3 Å². The Morgan fingerprint density at radius 1 is 1.43 bits per heavy atom. The van der Waals surface area contributed by atoms with Gasteiger partial charge >= 0.3 is 5.97 Å². The Morgan fingerprint density at radius 2 is 2.14 bits per heavy atom. The molecule has 5 nitrogen and oxygen atoms in total. The summed E-state index contributed by atoms with van der Waals surface area (Å²) in [5.74, 6) is -2.70. The molecule has 0 amide bonds. The zero-order valence-electron chi connectivity index (χ0n) is 11.3. The molecular weight excluding hydrogens is 282 g/mol. The fourth-order valence-electron chi connectivity index (χ4n) is 1.78. The molecule has 0 saturated carbocycles. The summed E-state index contributed by atoms with van der Waals surface area (Å²) in [6.45, 7) is 1.65. The lowest BCUT2D eigenvalue weighted by molar-refractivity contribution is -0.131. The average molecular weight is 294 g/mol. The third-order valence-corrected chi connectivity index (χ3v) is 2.71. The molecule has 0 atom stereocenters. The summed E-state index contributed by atoms with van der Waals surface area (Å²) in [5, 5.41) is 12.7. The first kappa shape index (κ1) is 14.7. The number of nitrogens with zero attached hydrogens (tertiary/aromatic N) is 2. The molecule has 7 heteroatoms. The summed E-state index contributed by atoms with van der Waals surface area (Å²) in [6.07, 6.45) is 2.20. The molecule has 1 aromatic carbocycles. The van der Waals surface area contributed by atoms with Gasteiger partial charge in [0.1, 0.15) is 5.82 Å². The summed E-state index contributed by atoms with van der Waals surface area (Å²) >= 11 is 0. The first-order chi connectivity index (χ1) is 9.88. The molecule has 0 fully saturated rings. The van der Waals surface area contributed by atoms with Gasteiger partial charge in [-0.15, -0.1) is 0 Å². The lowest BCUT2D eigenvalue weighted by Gasteiger charge is -2.08. The molecule has 110 valence electrons. The number of aliphatic carboxylic acids is 1. The van der Waals surface area contributed by atoms with E-state index in [1.165, 1.54) is 10.8 Å². The van der Waals surface area contributed by atoms with E-state index in [0.29, 0.717) is 11.3 Å². The summed E-state index contributed by atoms with van der Waals surface area (Å²) in [5.41, 5.74) is 0.880. The number of aromatic nitrogens is 2. The minimum atomic E-state index is -1.14. The Labute approximate surface area is 119 Å². The number of rotatable bonds is 4. The van der Waals surface area contributed by atoms with Gasteiger partial charge in [-0.05, 0) is 25.1 Å². The van der Waals surface area contributed by atoms with E-state index in [1.54, 1.807) is 14.0 Å². The van der Waals surface area contributed by atoms with E-state index in [4.69, 9.17) is 9.84 Å². The lowest BCUT2D eigenvalue weighted by atomic mass is 10.2. The summed E-state index contributed by atoms with van der Waals surface area (Å²) in [7, 11) is 1.55. The van der Waals surface area contributed by atoms with Gasteiger partial charge in [0.2, 0.25) is 5.88 Å². The van der Waals surface area contributed by atoms with E-state index in [1.807, 2.05) is 0 Å². The lowest BCUT2D eigenvalue weighted by Crippen LogP contribution is -1.98. The third-order valence-electron chi connectivity index (χ3n) is 2.71. The van der Waals surface area contributed by atoms with Gasteiger partial charge in [-0.1, -0.05) is 0 Å². The van der Waals surface area contributed by atoms with Crippen LogP contribution >= 0.6 is 0 Å². The Hall–Kier alpha value is -2.70. The molecule has 2 aromatic rings. The van der Waals surface area contributed by atoms with Crippen molar-refractivity contribution >= 4 is 12.0 Å². The number of hydrogen-bond acceptors (Lipinski definition) is 3. The number of halogens is 2. The van der Waals surface area contributed by atoms with Crippen molar-refractivity contribution in [3.05, 3.63) is 47.2 Å². The monoisotopic (exact) mass is 294 g/mol. The van der Waals surface area contributed by atoms with Crippen LogP contribution in [0.2, 0.25) is 0 Å². The molecule has 0 aliphatic carbocycles. The SMILES string of the molecule is Cc1nn(C)c(Oc2cc(F)ccc2F)c1C=CC(=O)O. The molecule has 1 heterocycles. The smallest absolute Gasteiger partial charge is 0.328 e. The molecule has 0 radical (unpaired) electrons. The summed E-state index contributed by atoms with van der Waals surface area (Å²) in [6, 6.07) is 2.82. The number of carboxylic acid groups (broad SMARTS) is 1. The van der Waals surface area contributed by atoms with Crippen LogP contribution in [0.3, 0.4) is 0 Å². The zero-order valence-corrected chi connectivity index (χ0v) is 11.3. The van der Waals surface area contributed by atoms with Gasteiger partial charge in [0.15, 0.2) is 11.6 Å². The molecule has 1 N–H and O–H groups in total. The number of carbonyl (C=O) groups is 1. The van der Waals surface area contributed by atoms with Gasteiger partial charge in [-0.2, -0.15) is 5.10 Å². The molecule has 2 rings (SSSR count). The molecule has 0 saturated heterocycles. The highest BCUT2D eigenvalue weighted by Crippen LogP contribution is 2.30. The van der Waals surface area contributed by atoms with Gasteiger partial charge in [0.25, 0.3) is 0 Å². The van der Waals surface area contributed by atoms with Crippen LogP contribution in [0.15, 0.2) is 24.3 Å². The van der Waals surface area contributed by atoms with Crippen LogP contribution in [0.1, 0.15) is 11.3 Å². The Kier molecular flexibility index (Phi) is 4.02. The van der Waals surface area contributed by atoms with E-state index in [-0.39, 0.29) is 11.6 Å². The molecule has 1 aromatic heterocycles. The van der Waals surface area contributed by atoms with Crippen molar-refractivity contribution in [2.24, 2.45) is 7.05 Å². The minimum Gasteiger partial charge on any atom is -0.478 e. The van der Waals surface area contributed by atoms with Crippen molar-refractivity contribution in [3.8, 4) is 11.6 Å². The number of hydrogen-bond donors (Lipinski definition) is 1. The number of benzene rings is 1. The van der Waals surface area contributed by atoms with Crippen molar-refractivity contribution in [2.45, 2.75) is 6.92 Å². The predicted molar refractivity (Wildman–Crippen MR) is 71.0 cm³/mol. The molecule has 0 aliphatic heterocycles. The van der Waals surface area contributed by atoms with Crippen LogP contribution in [0, 0.1) is 18.6 Å². The summed E-state index contributed by atoms with van der Waals surface area (Å²) < 4.78 is 33.4. The second kappa shape index (κ2) is 5.74. The minimum absolute atomic E-state index is 0.120. The maximum Gasteiger partial charge on any atom is 0.328 e. The highest BCUT2D eigenvalue weighted by Gasteiger charge is 2.16.